The second-order valence-electron chi connectivity index (χ2n) is 5.25. The first-order valence-corrected chi connectivity index (χ1v) is 6.76. The molecule has 1 aromatic rings. The lowest BCUT2D eigenvalue weighted by Gasteiger charge is -2.11. The number of rotatable bonds is 6. The Hall–Kier alpha value is -1.39. The summed E-state index contributed by atoms with van der Waals surface area (Å²) in [6.07, 6.45) is 0.514. The van der Waals surface area contributed by atoms with E-state index in [1.54, 1.807) is 7.11 Å². The van der Waals surface area contributed by atoms with Crippen molar-refractivity contribution in [3.05, 3.63) is 34.9 Å². The van der Waals surface area contributed by atoms with E-state index in [0.717, 1.165) is 18.7 Å². The van der Waals surface area contributed by atoms with Crippen LogP contribution in [0.2, 0.25) is 0 Å². The van der Waals surface area contributed by atoms with Gasteiger partial charge in [-0.3, -0.25) is 4.79 Å². The van der Waals surface area contributed by atoms with E-state index in [1.165, 1.54) is 11.1 Å². The van der Waals surface area contributed by atoms with Crippen molar-refractivity contribution in [2.45, 2.75) is 33.0 Å². The van der Waals surface area contributed by atoms with E-state index >= 15 is 0 Å². The molecule has 0 bridgehead atoms. The van der Waals surface area contributed by atoms with E-state index in [9.17, 15) is 4.79 Å². The molecule has 1 atom stereocenters. The molecule has 1 aliphatic rings. The Morgan fingerprint density at radius 1 is 1.42 bits per heavy atom. The van der Waals surface area contributed by atoms with Gasteiger partial charge in [0.1, 0.15) is 0 Å². The number of nitrogens with one attached hydrogen (secondary N) is 2. The molecule has 1 aliphatic heterocycles. The third-order valence-corrected chi connectivity index (χ3v) is 3.38. The number of amides is 1. The Morgan fingerprint density at radius 2 is 2.21 bits per heavy atom. The van der Waals surface area contributed by atoms with Crippen LogP contribution in [0.15, 0.2) is 18.2 Å². The smallest absolute Gasteiger partial charge is 0.220 e. The minimum Gasteiger partial charge on any atom is -0.384 e. The molecule has 0 aromatic heterocycles. The molecule has 2 N–H and O–H groups in total. The summed E-state index contributed by atoms with van der Waals surface area (Å²) in [6.45, 7) is 5.13. The molecule has 0 spiro atoms. The minimum absolute atomic E-state index is 0.0863. The van der Waals surface area contributed by atoms with Gasteiger partial charge in [0.05, 0.1) is 0 Å². The Morgan fingerprint density at radius 3 is 3.00 bits per heavy atom. The monoisotopic (exact) mass is 262 g/mol. The normalized spacial score (nSPS) is 15.1. The molecular formula is C15H22N2O2. The molecule has 0 radical (unpaired) electrons. The zero-order chi connectivity index (χ0) is 13.7. The fraction of sp³-hybridized carbons (Fsp3) is 0.533. The summed E-state index contributed by atoms with van der Waals surface area (Å²) in [5.41, 5.74) is 3.87. The van der Waals surface area contributed by atoms with Crippen LogP contribution in [0.25, 0.3) is 0 Å². The van der Waals surface area contributed by atoms with Gasteiger partial charge in [-0.1, -0.05) is 25.1 Å². The standard InChI is InChI=1S/C15H22N2O2/c1-11(10-19-2)5-15(18)17-7-12-3-4-13-8-16-9-14(13)6-12/h3-4,6,11,16H,5,7-10H2,1-2H3,(H,17,18). The van der Waals surface area contributed by atoms with E-state index in [-0.39, 0.29) is 11.8 Å². The summed E-state index contributed by atoms with van der Waals surface area (Å²) in [6, 6.07) is 6.41. The molecule has 104 valence electrons. The van der Waals surface area contributed by atoms with Crippen LogP contribution in [0.5, 0.6) is 0 Å². The predicted octanol–water partition coefficient (Wildman–Crippen LogP) is 1.58. The van der Waals surface area contributed by atoms with Gasteiger partial charge in [0.15, 0.2) is 0 Å². The lowest BCUT2D eigenvalue weighted by molar-refractivity contribution is -0.122. The van der Waals surface area contributed by atoms with Crippen LogP contribution >= 0.6 is 0 Å². The molecule has 0 saturated carbocycles. The van der Waals surface area contributed by atoms with Gasteiger partial charge in [-0.25, -0.2) is 0 Å². The van der Waals surface area contributed by atoms with E-state index in [0.29, 0.717) is 19.6 Å². The van der Waals surface area contributed by atoms with E-state index < -0.39 is 0 Å². The molecule has 4 nitrogen and oxygen atoms in total. The molecule has 1 unspecified atom stereocenters. The van der Waals surface area contributed by atoms with Crippen molar-refractivity contribution in [3.63, 3.8) is 0 Å². The molecule has 0 aliphatic carbocycles. The SMILES string of the molecule is COCC(C)CC(=O)NCc1ccc2c(c1)CNC2. The van der Waals surface area contributed by atoms with Crippen LogP contribution in [0.3, 0.4) is 0 Å². The molecule has 2 rings (SSSR count). The number of carbonyl (C=O) groups excluding carboxylic acids is 1. The summed E-state index contributed by atoms with van der Waals surface area (Å²) < 4.78 is 5.03. The third-order valence-electron chi connectivity index (χ3n) is 3.38. The fourth-order valence-electron chi connectivity index (χ4n) is 2.39. The molecule has 4 heteroatoms. The van der Waals surface area contributed by atoms with Crippen molar-refractivity contribution < 1.29 is 9.53 Å². The van der Waals surface area contributed by atoms with Gasteiger partial charge in [0.25, 0.3) is 0 Å². The third kappa shape index (κ3) is 4.04. The molecule has 19 heavy (non-hydrogen) atoms. The second kappa shape index (κ2) is 6.68. The van der Waals surface area contributed by atoms with Gasteiger partial charge in [-0.05, 0) is 22.6 Å². The van der Waals surface area contributed by atoms with Gasteiger partial charge in [-0.2, -0.15) is 0 Å². The van der Waals surface area contributed by atoms with E-state index in [2.05, 4.69) is 28.8 Å². The maximum atomic E-state index is 11.8. The highest BCUT2D eigenvalue weighted by atomic mass is 16.5. The van der Waals surface area contributed by atoms with Crippen LogP contribution in [0.4, 0.5) is 0 Å². The van der Waals surface area contributed by atoms with Crippen molar-refractivity contribution in [3.8, 4) is 0 Å². The molecular weight excluding hydrogens is 240 g/mol. The Balaban J connectivity index is 1.80. The molecule has 0 fully saturated rings. The Kier molecular flexibility index (Phi) is 4.93. The highest BCUT2D eigenvalue weighted by Crippen LogP contribution is 2.16. The van der Waals surface area contributed by atoms with Crippen molar-refractivity contribution in [2.24, 2.45) is 5.92 Å². The van der Waals surface area contributed by atoms with Crippen LogP contribution in [0.1, 0.15) is 30.0 Å². The largest absolute Gasteiger partial charge is 0.384 e. The van der Waals surface area contributed by atoms with Crippen molar-refractivity contribution in [1.82, 2.24) is 10.6 Å². The lowest BCUT2D eigenvalue weighted by Crippen LogP contribution is -2.25. The van der Waals surface area contributed by atoms with Crippen molar-refractivity contribution in [2.75, 3.05) is 13.7 Å². The van der Waals surface area contributed by atoms with Gasteiger partial charge in [-0.15, -0.1) is 0 Å². The summed E-state index contributed by atoms with van der Waals surface area (Å²) in [5.74, 6) is 0.345. The number of fused-ring (bicyclic) bond motifs is 1. The number of ether oxygens (including phenoxy) is 1. The van der Waals surface area contributed by atoms with Gasteiger partial charge >= 0.3 is 0 Å². The first-order valence-electron chi connectivity index (χ1n) is 6.76. The first kappa shape index (κ1) is 14.0. The molecule has 1 aromatic carbocycles. The summed E-state index contributed by atoms with van der Waals surface area (Å²) in [4.78, 5) is 11.8. The van der Waals surface area contributed by atoms with Crippen LogP contribution in [-0.4, -0.2) is 19.6 Å². The number of hydrogen-bond donors (Lipinski definition) is 2. The average molecular weight is 262 g/mol. The maximum Gasteiger partial charge on any atom is 0.220 e. The Bertz CT molecular complexity index is 446. The number of benzene rings is 1. The highest BCUT2D eigenvalue weighted by molar-refractivity contribution is 5.76. The summed E-state index contributed by atoms with van der Waals surface area (Å²) in [5, 5.41) is 6.28. The molecule has 1 amide bonds. The highest BCUT2D eigenvalue weighted by Gasteiger charge is 2.11. The van der Waals surface area contributed by atoms with Gasteiger partial charge in [0, 0.05) is 39.8 Å². The number of hydrogen-bond acceptors (Lipinski definition) is 3. The summed E-state index contributed by atoms with van der Waals surface area (Å²) >= 11 is 0. The topological polar surface area (TPSA) is 50.4 Å². The molecule has 0 saturated heterocycles. The second-order valence-corrected chi connectivity index (χ2v) is 5.25. The van der Waals surface area contributed by atoms with Crippen LogP contribution < -0.4 is 10.6 Å². The van der Waals surface area contributed by atoms with Gasteiger partial charge in [0.2, 0.25) is 5.91 Å². The zero-order valence-electron chi connectivity index (χ0n) is 11.7. The minimum atomic E-state index is 0.0863. The number of carbonyl (C=O) groups is 1. The van der Waals surface area contributed by atoms with E-state index in [4.69, 9.17) is 4.74 Å². The summed E-state index contributed by atoms with van der Waals surface area (Å²) in [7, 11) is 1.66. The maximum absolute atomic E-state index is 11.8. The lowest BCUT2D eigenvalue weighted by atomic mass is 10.1. The van der Waals surface area contributed by atoms with E-state index in [1.807, 2.05) is 6.92 Å². The number of methoxy groups -OCH3 is 1. The van der Waals surface area contributed by atoms with Crippen molar-refractivity contribution >= 4 is 5.91 Å². The van der Waals surface area contributed by atoms with Gasteiger partial charge < -0.3 is 15.4 Å². The van der Waals surface area contributed by atoms with Crippen LogP contribution in [-0.2, 0) is 29.2 Å². The van der Waals surface area contributed by atoms with Crippen LogP contribution in [0, 0.1) is 5.92 Å². The fourth-order valence-corrected chi connectivity index (χ4v) is 2.39. The predicted molar refractivity (Wildman–Crippen MR) is 74.5 cm³/mol. The Labute approximate surface area is 114 Å². The zero-order valence-corrected chi connectivity index (χ0v) is 11.7. The quantitative estimate of drug-likeness (QED) is 0.818. The molecule has 1 heterocycles. The first-order chi connectivity index (χ1) is 9.19. The van der Waals surface area contributed by atoms with Crippen molar-refractivity contribution in [1.29, 1.82) is 0 Å². The average Bonchev–Trinajstić information content (AvgIpc) is 2.83.